The van der Waals surface area contributed by atoms with Crippen LogP contribution in [0.4, 0.5) is 4.79 Å². The molecule has 0 radical (unpaired) electrons. The van der Waals surface area contributed by atoms with Crippen molar-refractivity contribution in [2.24, 2.45) is 10.9 Å². The summed E-state index contributed by atoms with van der Waals surface area (Å²) in [6.45, 7) is 3.16. The van der Waals surface area contributed by atoms with Gasteiger partial charge in [-0.1, -0.05) is 0 Å². The number of aliphatic imine (C=N–C) groups is 1. The standard InChI is InChI=1S/C14H20N4O5/c1-9(19)11(20)17-3-2-10(4-17)5-23-13(22)18-6-14(7-18)12(21)15-8-16-14/h8-10,19H,2-7H2,1H3,(H,15,16,21)/t9?,10-/m1/s1. The molecule has 9 nitrogen and oxygen atoms in total. The zero-order chi connectivity index (χ0) is 16.6. The molecule has 3 aliphatic rings. The second-order valence-electron chi connectivity index (χ2n) is 6.31. The van der Waals surface area contributed by atoms with Gasteiger partial charge in [0, 0.05) is 19.0 Å². The number of hydrogen-bond donors (Lipinski definition) is 2. The predicted molar refractivity (Wildman–Crippen MR) is 78.7 cm³/mol. The lowest BCUT2D eigenvalue weighted by atomic mass is 9.91. The number of carbonyl (C=O) groups excluding carboxylic acids is 3. The van der Waals surface area contributed by atoms with Crippen molar-refractivity contribution in [1.29, 1.82) is 0 Å². The van der Waals surface area contributed by atoms with Gasteiger partial charge in [-0.3, -0.25) is 14.6 Å². The maximum atomic E-state index is 12.0. The Morgan fingerprint density at radius 3 is 2.87 bits per heavy atom. The second-order valence-corrected chi connectivity index (χ2v) is 6.31. The Bertz CT molecular complexity index is 555. The molecule has 0 bridgehead atoms. The molecule has 0 aromatic carbocycles. The molecule has 0 aromatic rings. The number of rotatable bonds is 3. The highest BCUT2D eigenvalue weighted by Crippen LogP contribution is 2.28. The summed E-state index contributed by atoms with van der Waals surface area (Å²) >= 11 is 0. The van der Waals surface area contributed by atoms with Crippen molar-refractivity contribution in [3.05, 3.63) is 0 Å². The Hall–Kier alpha value is -2.16. The minimum Gasteiger partial charge on any atom is -0.449 e. The van der Waals surface area contributed by atoms with Gasteiger partial charge in [-0.2, -0.15) is 0 Å². The molecule has 3 heterocycles. The maximum absolute atomic E-state index is 12.0. The average molecular weight is 324 g/mol. The van der Waals surface area contributed by atoms with Crippen molar-refractivity contribution in [2.75, 3.05) is 32.8 Å². The van der Waals surface area contributed by atoms with Crippen LogP contribution in [0.5, 0.6) is 0 Å². The van der Waals surface area contributed by atoms with E-state index in [1.54, 1.807) is 4.90 Å². The third-order valence-corrected chi connectivity index (χ3v) is 4.49. The van der Waals surface area contributed by atoms with E-state index in [2.05, 4.69) is 10.3 Å². The van der Waals surface area contributed by atoms with E-state index in [0.717, 1.165) is 6.42 Å². The normalized spacial score (nSPS) is 26.2. The Morgan fingerprint density at radius 2 is 2.26 bits per heavy atom. The summed E-state index contributed by atoms with van der Waals surface area (Å²) in [4.78, 5) is 42.3. The van der Waals surface area contributed by atoms with E-state index in [0.29, 0.717) is 13.1 Å². The summed E-state index contributed by atoms with van der Waals surface area (Å²) in [7, 11) is 0. The van der Waals surface area contributed by atoms with E-state index in [1.807, 2.05) is 0 Å². The summed E-state index contributed by atoms with van der Waals surface area (Å²) in [5.41, 5.74) is -0.827. The first-order valence-corrected chi connectivity index (χ1v) is 7.64. The number of aliphatic hydroxyl groups is 1. The lowest BCUT2D eigenvalue weighted by molar-refractivity contribution is -0.138. The molecular formula is C14H20N4O5. The Balaban J connectivity index is 1.40. The Kier molecular flexibility index (Phi) is 3.97. The lowest BCUT2D eigenvalue weighted by Crippen LogP contribution is -2.66. The molecule has 0 saturated carbocycles. The van der Waals surface area contributed by atoms with Crippen LogP contribution in [0.1, 0.15) is 13.3 Å². The van der Waals surface area contributed by atoms with E-state index in [-0.39, 0.29) is 37.4 Å². The summed E-state index contributed by atoms with van der Waals surface area (Å²) in [6, 6.07) is 0. The zero-order valence-electron chi connectivity index (χ0n) is 12.9. The van der Waals surface area contributed by atoms with Crippen LogP contribution in [0.3, 0.4) is 0 Å². The highest BCUT2D eigenvalue weighted by atomic mass is 16.6. The molecule has 2 atom stereocenters. The Morgan fingerprint density at radius 1 is 1.52 bits per heavy atom. The van der Waals surface area contributed by atoms with E-state index in [9.17, 15) is 19.5 Å². The second kappa shape index (κ2) is 5.80. The molecule has 9 heteroatoms. The van der Waals surface area contributed by atoms with Crippen LogP contribution in [-0.4, -0.2) is 83.6 Å². The van der Waals surface area contributed by atoms with Crippen molar-refractivity contribution in [3.63, 3.8) is 0 Å². The third kappa shape index (κ3) is 2.88. The SMILES string of the molecule is CC(O)C(=O)N1CC[C@@H](COC(=O)N2CC3(C2)N=CNC3=O)C1. The van der Waals surface area contributed by atoms with Gasteiger partial charge in [0.1, 0.15) is 6.10 Å². The van der Waals surface area contributed by atoms with E-state index in [4.69, 9.17) is 4.74 Å². The highest BCUT2D eigenvalue weighted by Gasteiger charge is 2.53. The number of likely N-dealkylation sites (tertiary alicyclic amines) is 2. The first-order chi connectivity index (χ1) is 10.9. The van der Waals surface area contributed by atoms with E-state index < -0.39 is 17.7 Å². The number of ether oxygens (including phenoxy) is 1. The molecule has 3 rings (SSSR count). The van der Waals surface area contributed by atoms with Gasteiger partial charge >= 0.3 is 6.09 Å². The van der Waals surface area contributed by atoms with Gasteiger partial charge in [-0.05, 0) is 13.3 Å². The topological polar surface area (TPSA) is 112 Å². The molecule has 2 fully saturated rings. The summed E-state index contributed by atoms with van der Waals surface area (Å²) in [5.74, 6) is -0.414. The van der Waals surface area contributed by atoms with Gasteiger partial charge in [-0.25, -0.2) is 4.79 Å². The highest BCUT2D eigenvalue weighted by molar-refractivity contribution is 6.02. The van der Waals surface area contributed by atoms with Crippen LogP contribution in [0, 0.1) is 5.92 Å². The van der Waals surface area contributed by atoms with Crippen LogP contribution in [-0.2, 0) is 14.3 Å². The maximum Gasteiger partial charge on any atom is 0.409 e. The number of amides is 3. The van der Waals surface area contributed by atoms with E-state index in [1.165, 1.54) is 18.2 Å². The van der Waals surface area contributed by atoms with Crippen LogP contribution >= 0.6 is 0 Å². The first kappa shape index (κ1) is 15.7. The molecule has 2 N–H and O–H groups in total. The monoisotopic (exact) mass is 324 g/mol. The van der Waals surface area contributed by atoms with Crippen molar-refractivity contribution < 1.29 is 24.2 Å². The molecule has 0 aromatic heterocycles. The lowest BCUT2D eigenvalue weighted by Gasteiger charge is -2.42. The fraction of sp³-hybridized carbons (Fsp3) is 0.714. The molecule has 0 aliphatic carbocycles. The molecule has 1 spiro atoms. The molecule has 2 saturated heterocycles. The van der Waals surface area contributed by atoms with Gasteiger partial charge in [0.2, 0.25) is 0 Å². The summed E-state index contributed by atoms with van der Waals surface area (Å²) < 4.78 is 5.26. The molecule has 3 aliphatic heterocycles. The van der Waals surface area contributed by atoms with Crippen molar-refractivity contribution in [1.82, 2.24) is 15.1 Å². The largest absolute Gasteiger partial charge is 0.449 e. The molecule has 23 heavy (non-hydrogen) atoms. The van der Waals surface area contributed by atoms with Crippen LogP contribution in [0.25, 0.3) is 0 Å². The molecule has 3 amide bonds. The Labute approximate surface area is 133 Å². The number of nitrogens with one attached hydrogen (secondary N) is 1. The zero-order valence-corrected chi connectivity index (χ0v) is 12.9. The van der Waals surface area contributed by atoms with Crippen molar-refractivity contribution in [3.8, 4) is 0 Å². The molecule has 126 valence electrons. The number of hydrogen-bond acceptors (Lipinski definition) is 6. The number of carbonyl (C=O) groups is 3. The van der Waals surface area contributed by atoms with Gasteiger partial charge in [-0.15, -0.1) is 0 Å². The minimum atomic E-state index is -1.01. The van der Waals surface area contributed by atoms with E-state index >= 15 is 0 Å². The van der Waals surface area contributed by atoms with Crippen molar-refractivity contribution in [2.45, 2.75) is 25.0 Å². The smallest absolute Gasteiger partial charge is 0.409 e. The first-order valence-electron chi connectivity index (χ1n) is 7.64. The molecular weight excluding hydrogens is 304 g/mol. The van der Waals surface area contributed by atoms with Crippen LogP contribution < -0.4 is 5.32 Å². The van der Waals surface area contributed by atoms with Crippen LogP contribution in [0.2, 0.25) is 0 Å². The van der Waals surface area contributed by atoms with Crippen LogP contribution in [0.15, 0.2) is 4.99 Å². The third-order valence-electron chi connectivity index (χ3n) is 4.49. The van der Waals surface area contributed by atoms with Gasteiger partial charge in [0.05, 0.1) is 26.0 Å². The average Bonchev–Trinajstić information content (AvgIpc) is 3.08. The quantitative estimate of drug-likeness (QED) is 0.661. The fourth-order valence-corrected chi connectivity index (χ4v) is 3.06. The number of aliphatic hydroxyl groups excluding tert-OH is 1. The molecule has 1 unspecified atom stereocenters. The summed E-state index contributed by atoms with van der Waals surface area (Å²) in [6.07, 6.45) is 0.622. The number of nitrogens with zero attached hydrogens (tertiary/aromatic N) is 3. The van der Waals surface area contributed by atoms with Gasteiger partial charge in [0.15, 0.2) is 5.54 Å². The summed E-state index contributed by atoms with van der Waals surface area (Å²) in [5, 5.41) is 11.8. The van der Waals surface area contributed by atoms with Gasteiger partial charge in [0.25, 0.3) is 11.8 Å². The fourth-order valence-electron chi connectivity index (χ4n) is 3.06. The predicted octanol–water partition coefficient (Wildman–Crippen LogP) is -1.44. The van der Waals surface area contributed by atoms with Crippen molar-refractivity contribution >= 4 is 24.2 Å². The van der Waals surface area contributed by atoms with Gasteiger partial charge < -0.3 is 25.0 Å². The minimum absolute atomic E-state index is 0.0738.